The Morgan fingerprint density at radius 3 is 2.79 bits per heavy atom. The number of benzene rings is 1. The molecule has 1 aliphatic carbocycles. The van der Waals surface area contributed by atoms with E-state index in [1.807, 2.05) is 29.8 Å². The van der Waals surface area contributed by atoms with Gasteiger partial charge in [0.05, 0.1) is 27.8 Å². The molecule has 0 unspecified atom stereocenters. The highest BCUT2D eigenvalue weighted by molar-refractivity contribution is 9.10. The van der Waals surface area contributed by atoms with Gasteiger partial charge in [-0.1, -0.05) is 12.1 Å². The van der Waals surface area contributed by atoms with Crippen LogP contribution in [-0.2, 0) is 0 Å². The Balaban J connectivity index is 1.33. The Kier molecular flexibility index (Phi) is 4.97. The molecule has 1 aliphatic heterocycles. The Morgan fingerprint density at radius 2 is 1.97 bits per heavy atom. The van der Waals surface area contributed by atoms with E-state index in [1.165, 1.54) is 0 Å². The molecular formula is C25H27BrN6O2. The quantitative estimate of drug-likeness (QED) is 0.369. The van der Waals surface area contributed by atoms with Gasteiger partial charge in [-0.2, -0.15) is 0 Å². The summed E-state index contributed by atoms with van der Waals surface area (Å²) in [6.45, 7) is 2.66. The second kappa shape index (κ2) is 7.71. The minimum absolute atomic E-state index is 0.114. The highest BCUT2D eigenvalue weighted by atomic mass is 79.9. The SMILES string of the molecule is Cc1ncnc2c1ccn2[C@@H]1C[C@]2(C[C@H](c3ccc4cc(Br)c(N)nc4c3)N(C)C2)[C@@H](O)[C@H]1O. The first-order valence-electron chi connectivity index (χ1n) is 11.5. The molecule has 2 aliphatic rings. The van der Waals surface area contributed by atoms with Gasteiger partial charge >= 0.3 is 0 Å². The van der Waals surface area contributed by atoms with Crippen molar-refractivity contribution >= 4 is 43.7 Å². The van der Waals surface area contributed by atoms with Crippen molar-refractivity contribution in [2.75, 3.05) is 19.3 Å². The molecule has 5 atom stereocenters. The highest BCUT2D eigenvalue weighted by Gasteiger charge is 2.58. The Labute approximate surface area is 205 Å². The van der Waals surface area contributed by atoms with Crippen molar-refractivity contribution in [1.29, 1.82) is 0 Å². The van der Waals surface area contributed by atoms with Gasteiger partial charge in [-0.05, 0) is 66.5 Å². The van der Waals surface area contributed by atoms with Crippen molar-refractivity contribution in [3.8, 4) is 0 Å². The van der Waals surface area contributed by atoms with Crippen molar-refractivity contribution < 1.29 is 10.2 Å². The van der Waals surface area contributed by atoms with E-state index in [0.717, 1.165) is 44.1 Å². The lowest BCUT2D eigenvalue weighted by Crippen LogP contribution is -2.38. The monoisotopic (exact) mass is 522 g/mol. The van der Waals surface area contributed by atoms with E-state index < -0.39 is 17.6 Å². The lowest BCUT2D eigenvalue weighted by atomic mass is 9.80. The minimum atomic E-state index is -0.867. The number of rotatable bonds is 2. The largest absolute Gasteiger partial charge is 0.390 e. The van der Waals surface area contributed by atoms with E-state index in [1.54, 1.807) is 6.33 Å². The van der Waals surface area contributed by atoms with Crippen molar-refractivity contribution in [3.63, 3.8) is 0 Å². The number of aliphatic hydroxyl groups is 2. The Bertz CT molecular complexity index is 1420. The highest BCUT2D eigenvalue weighted by Crippen LogP contribution is 2.55. The van der Waals surface area contributed by atoms with Gasteiger partial charge in [0.15, 0.2) is 0 Å². The van der Waals surface area contributed by atoms with Crippen molar-refractivity contribution in [3.05, 3.63) is 58.6 Å². The van der Waals surface area contributed by atoms with E-state index in [0.29, 0.717) is 18.8 Å². The average molecular weight is 523 g/mol. The number of pyridine rings is 1. The molecule has 8 nitrogen and oxygen atoms in total. The predicted octanol–water partition coefficient (Wildman–Crippen LogP) is 3.36. The number of nitrogens with two attached hydrogens (primary N) is 1. The average Bonchev–Trinajstić information content (AvgIpc) is 3.45. The number of nitrogens with zero attached hydrogens (tertiary/aromatic N) is 5. The molecule has 4 N–H and O–H groups in total. The summed E-state index contributed by atoms with van der Waals surface area (Å²) in [6.07, 6.45) is 3.25. The zero-order chi connectivity index (χ0) is 23.8. The molecule has 6 rings (SSSR count). The van der Waals surface area contributed by atoms with E-state index >= 15 is 0 Å². The molecule has 1 aromatic carbocycles. The van der Waals surface area contributed by atoms with Crippen LogP contribution in [0.25, 0.3) is 21.9 Å². The second-order valence-electron chi connectivity index (χ2n) is 9.93. The van der Waals surface area contributed by atoms with E-state index in [4.69, 9.17) is 5.73 Å². The van der Waals surface area contributed by atoms with Crippen LogP contribution < -0.4 is 5.73 Å². The summed E-state index contributed by atoms with van der Waals surface area (Å²) in [7, 11) is 2.08. The molecule has 9 heteroatoms. The van der Waals surface area contributed by atoms with E-state index in [9.17, 15) is 10.2 Å². The Morgan fingerprint density at radius 1 is 1.15 bits per heavy atom. The summed E-state index contributed by atoms with van der Waals surface area (Å²) < 4.78 is 2.80. The van der Waals surface area contributed by atoms with Gasteiger partial charge in [0, 0.05) is 35.0 Å². The topological polar surface area (TPSA) is 113 Å². The van der Waals surface area contributed by atoms with Crippen molar-refractivity contribution in [2.24, 2.45) is 5.41 Å². The second-order valence-corrected chi connectivity index (χ2v) is 10.8. The molecule has 0 amide bonds. The van der Waals surface area contributed by atoms with Crippen LogP contribution >= 0.6 is 15.9 Å². The summed E-state index contributed by atoms with van der Waals surface area (Å²) in [6, 6.07) is 10.1. The van der Waals surface area contributed by atoms with Gasteiger partial charge in [0.1, 0.15) is 23.9 Å². The maximum Gasteiger partial charge on any atom is 0.143 e. The van der Waals surface area contributed by atoms with Crippen LogP contribution in [0.2, 0.25) is 0 Å². The number of likely N-dealkylation sites (tertiary alicyclic amines) is 1. The molecule has 1 saturated heterocycles. The minimum Gasteiger partial charge on any atom is -0.390 e. The van der Waals surface area contributed by atoms with Crippen LogP contribution in [0.4, 0.5) is 5.82 Å². The number of nitrogen functional groups attached to an aromatic ring is 1. The van der Waals surface area contributed by atoms with Gasteiger partial charge in [0.25, 0.3) is 0 Å². The standard InChI is InChI=1S/C25H27BrN6O2/c1-13-16-5-6-32(24(16)29-12-28-13)20-10-25(22(34)21(20)33)9-19(31(2)11-25)15-4-3-14-7-17(26)23(27)30-18(14)8-15/h3-8,12,19-22,33-34H,9-11H2,1-2H3,(H2,27,30)/t19-,20-,21+,22+,25+/m1/s1. The summed E-state index contributed by atoms with van der Waals surface area (Å²) in [4.78, 5) is 15.6. The fraction of sp³-hybridized carbons (Fsp3) is 0.400. The van der Waals surface area contributed by atoms with Gasteiger partial charge < -0.3 is 20.5 Å². The molecular weight excluding hydrogens is 496 g/mol. The van der Waals surface area contributed by atoms with Crippen LogP contribution in [0.15, 0.2) is 47.3 Å². The number of fused-ring (bicyclic) bond motifs is 2. The van der Waals surface area contributed by atoms with Gasteiger partial charge in [-0.3, -0.25) is 4.90 Å². The maximum absolute atomic E-state index is 11.3. The molecule has 4 aromatic rings. The zero-order valence-corrected chi connectivity index (χ0v) is 20.6. The molecule has 0 bridgehead atoms. The fourth-order valence-corrected chi connectivity index (χ4v) is 6.52. The number of halogens is 1. The number of aromatic nitrogens is 4. The van der Waals surface area contributed by atoms with Crippen LogP contribution in [0, 0.1) is 12.3 Å². The van der Waals surface area contributed by atoms with Crippen LogP contribution in [0.3, 0.4) is 0 Å². The number of anilines is 1. The van der Waals surface area contributed by atoms with Crippen LogP contribution in [0.5, 0.6) is 0 Å². The molecule has 2 fully saturated rings. The van der Waals surface area contributed by atoms with Crippen molar-refractivity contribution in [1.82, 2.24) is 24.4 Å². The number of hydrogen-bond acceptors (Lipinski definition) is 7. The third kappa shape index (κ3) is 3.18. The summed E-state index contributed by atoms with van der Waals surface area (Å²) in [5, 5.41) is 24.5. The van der Waals surface area contributed by atoms with Crippen molar-refractivity contribution in [2.45, 2.75) is 44.1 Å². The van der Waals surface area contributed by atoms with Gasteiger partial charge in [-0.15, -0.1) is 0 Å². The van der Waals surface area contributed by atoms with Gasteiger partial charge in [-0.25, -0.2) is 15.0 Å². The van der Waals surface area contributed by atoms with Crippen LogP contribution in [-0.4, -0.2) is 60.4 Å². The van der Waals surface area contributed by atoms with E-state index in [-0.39, 0.29) is 12.1 Å². The number of hydrogen-bond donors (Lipinski definition) is 3. The Hall–Kier alpha value is -2.59. The number of aliphatic hydroxyl groups excluding tert-OH is 2. The molecule has 1 saturated carbocycles. The first kappa shape index (κ1) is 21.9. The third-order valence-corrected chi connectivity index (χ3v) is 8.57. The molecule has 176 valence electrons. The summed E-state index contributed by atoms with van der Waals surface area (Å²) >= 11 is 3.45. The lowest BCUT2D eigenvalue weighted by molar-refractivity contribution is -0.0238. The smallest absolute Gasteiger partial charge is 0.143 e. The lowest BCUT2D eigenvalue weighted by Gasteiger charge is -2.27. The van der Waals surface area contributed by atoms with Crippen LogP contribution in [0.1, 0.15) is 36.2 Å². The number of aryl methyl sites for hydroxylation is 1. The van der Waals surface area contributed by atoms with E-state index in [2.05, 4.69) is 61.0 Å². The molecule has 3 aromatic heterocycles. The predicted molar refractivity (Wildman–Crippen MR) is 134 cm³/mol. The zero-order valence-electron chi connectivity index (χ0n) is 19.1. The summed E-state index contributed by atoms with van der Waals surface area (Å²) in [5.74, 6) is 0.469. The molecule has 4 heterocycles. The first-order valence-corrected chi connectivity index (χ1v) is 12.3. The maximum atomic E-state index is 11.3. The first-order chi connectivity index (χ1) is 16.3. The third-order valence-electron chi connectivity index (χ3n) is 7.93. The normalized spacial score (nSPS) is 29.7. The summed E-state index contributed by atoms with van der Waals surface area (Å²) in [5.41, 5.74) is 9.30. The molecule has 34 heavy (non-hydrogen) atoms. The van der Waals surface area contributed by atoms with Gasteiger partial charge in [0.2, 0.25) is 0 Å². The molecule has 0 radical (unpaired) electrons. The molecule has 1 spiro atoms. The fourth-order valence-electron chi connectivity index (χ4n) is 6.19.